The molecule has 0 saturated heterocycles. The molecule has 3 rings (SSSR count). The van der Waals surface area contributed by atoms with Crippen LogP contribution in [0.1, 0.15) is 11.4 Å². The van der Waals surface area contributed by atoms with Gasteiger partial charge in [0.05, 0.1) is 5.52 Å². The standard InChI is InChI=1S/C16H12F3N3/c1-10-6-8-11(9-7-10)20-14-12-4-2-3-5-13(12)21-15(22-14)16(17,18)19/h2-9H,1H3,(H,20,21,22). The number of benzene rings is 2. The SMILES string of the molecule is Cc1ccc(Nc2nc(C(F)(F)F)nc3ccccc23)cc1. The van der Waals surface area contributed by atoms with E-state index in [1.165, 1.54) is 6.07 Å². The molecule has 0 saturated carbocycles. The fourth-order valence-corrected chi connectivity index (χ4v) is 2.07. The fraction of sp³-hybridized carbons (Fsp3) is 0.125. The van der Waals surface area contributed by atoms with Gasteiger partial charge in [0.25, 0.3) is 0 Å². The third-order valence-corrected chi connectivity index (χ3v) is 3.17. The van der Waals surface area contributed by atoms with Crippen LogP contribution in [0.15, 0.2) is 48.5 Å². The van der Waals surface area contributed by atoms with Crippen molar-refractivity contribution in [1.82, 2.24) is 9.97 Å². The van der Waals surface area contributed by atoms with Gasteiger partial charge in [0.2, 0.25) is 5.82 Å². The maximum atomic E-state index is 12.9. The molecule has 2 aromatic carbocycles. The molecule has 0 atom stereocenters. The first kappa shape index (κ1) is 14.3. The van der Waals surface area contributed by atoms with Crippen molar-refractivity contribution in [2.24, 2.45) is 0 Å². The maximum Gasteiger partial charge on any atom is 0.451 e. The van der Waals surface area contributed by atoms with E-state index < -0.39 is 12.0 Å². The summed E-state index contributed by atoms with van der Waals surface area (Å²) in [6.45, 7) is 1.94. The van der Waals surface area contributed by atoms with E-state index in [9.17, 15) is 13.2 Å². The highest BCUT2D eigenvalue weighted by atomic mass is 19.4. The molecule has 0 aliphatic rings. The number of hydrogen-bond donors (Lipinski definition) is 1. The molecule has 22 heavy (non-hydrogen) atoms. The van der Waals surface area contributed by atoms with E-state index in [4.69, 9.17) is 0 Å². The molecule has 0 spiro atoms. The second-order valence-electron chi connectivity index (χ2n) is 4.90. The number of anilines is 2. The predicted octanol–water partition coefficient (Wildman–Crippen LogP) is 4.70. The van der Waals surface area contributed by atoms with Crippen LogP contribution in [0, 0.1) is 6.92 Å². The van der Waals surface area contributed by atoms with Crippen molar-refractivity contribution in [3.8, 4) is 0 Å². The zero-order valence-corrected chi connectivity index (χ0v) is 11.6. The summed E-state index contributed by atoms with van der Waals surface area (Å²) in [5.41, 5.74) is 1.98. The fourth-order valence-electron chi connectivity index (χ4n) is 2.07. The van der Waals surface area contributed by atoms with Gasteiger partial charge in [-0.2, -0.15) is 13.2 Å². The summed E-state index contributed by atoms with van der Waals surface area (Å²) >= 11 is 0. The molecule has 6 heteroatoms. The van der Waals surface area contributed by atoms with Gasteiger partial charge in [0.15, 0.2) is 0 Å². The second-order valence-corrected chi connectivity index (χ2v) is 4.90. The second kappa shape index (κ2) is 5.29. The molecule has 3 nitrogen and oxygen atoms in total. The van der Waals surface area contributed by atoms with Crippen LogP contribution in [0.3, 0.4) is 0 Å². The van der Waals surface area contributed by atoms with E-state index in [1.807, 2.05) is 19.1 Å². The van der Waals surface area contributed by atoms with Crippen LogP contribution < -0.4 is 5.32 Å². The highest BCUT2D eigenvalue weighted by molar-refractivity contribution is 5.90. The number of alkyl halides is 3. The van der Waals surface area contributed by atoms with Gasteiger partial charge < -0.3 is 5.32 Å². The number of aromatic nitrogens is 2. The Balaban J connectivity index is 2.12. The summed E-state index contributed by atoms with van der Waals surface area (Å²) in [7, 11) is 0. The van der Waals surface area contributed by atoms with Crippen molar-refractivity contribution in [2.45, 2.75) is 13.1 Å². The van der Waals surface area contributed by atoms with Gasteiger partial charge in [-0.05, 0) is 31.2 Å². The van der Waals surface area contributed by atoms with Crippen molar-refractivity contribution >= 4 is 22.4 Å². The van der Waals surface area contributed by atoms with Crippen molar-refractivity contribution in [3.05, 3.63) is 59.9 Å². The molecule has 0 bridgehead atoms. The van der Waals surface area contributed by atoms with Gasteiger partial charge in [-0.15, -0.1) is 0 Å². The molecule has 1 heterocycles. The lowest BCUT2D eigenvalue weighted by Crippen LogP contribution is -2.12. The summed E-state index contributed by atoms with van der Waals surface area (Å²) < 4.78 is 38.8. The Morgan fingerprint density at radius 2 is 1.59 bits per heavy atom. The average molecular weight is 303 g/mol. The Labute approximate surface area is 124 Å². The first-order valence-corrected chi connectivity index (χ1v) is 6.61. The van der Waals surface area contributed by atoms with E-state index in [0.717, 1.165) is 5.56 Å². The lowest BCUT2D eigenvalue weighted by atomic mass is 10.2. The number of rotatable bonds is 2. The minimum absolute atomic E-state index is 0.141. The maximum absolute atomic E-state index is 12.9. The molecular formula is C16H12F3N3. The summed E-state index contributed by atoms with van der Waals surface area (Å²) in [6.07, 6.45) is -4.59. The quantitative estimate of drug-likeness (QED) is 0.745. The summed E-state index contributed by atoms with van der Waals surface area (Å²) in [4.78, 5) is 7.23. The molecule has 1 N–H and O–H groups in total. The predicted molar refractivity (Wildman–Crippen MR) is 79.0 cm³/mol. The van der Waals surface area contributed by atoms with Gasteiger partial charge in [-0.1, -0.05) is 29.8 Å². The van der Waals surface area contributed by atoms with Gasteiger partial charge >= 0.3 is 6.18 Å². The third kappa shape index (κ3) is 2.86. The van der Waals surface area contributed by atoms with Crippen LogP contribution in [0.4, 0.5) is 24.7 Å². The molecular weight excluding hydrogens is 291 g/mol. The topological polar surface area (TPSA) is 37.8 Å². The molecule has 3 aromatic rings. The molecule has 0 aliphatic heterocycles. The lowest BCUT2D eigenvalue weighted by Gasteiger charge is -2.12. The summed E-state index contributed by atoms with van der Waals surface area (Å²) in [5, 5.41) is 3.47. The number of aryl methyl sites for hydroxylation is 1. The first-order chi connectivity index (χ1) is 10.4. The number of hydrogen-bond acceptors (Lipinski definition) is 3. The summed E-state index contributed by atoms with van der Waals surface area (Å²) in [5.74, 6) is -1.01. The Bertz CT molecular complexity index is 811. The van der Waals surface area contributed by atoms with Crippen LogP contribution in [0.25, 0.3) is 10.9 Å². The highest BCUT2D eigenvalue weighted by Crippen LogP contribution is 2.31. The largest absolute Gasteiger partial charge is 0.451 e. The Kier molecular flexibility index (Phi) is 3.44. The average Bonchev–Trinajstić information content (AvgIpc) is 2.48. The molecule has 0 unspecified atom stereocenters. The monoisotopic (exact) mass is 303 g/mol. The van der Waals surface area contributed by atoms with Crippen LogP contribution in [0.5, 0.6) is 0 Å². The number of nitrogens with zero attached hydrogens (tertiary/aromatic N) is 2. The first-order valence-electron chi connectivity index (χ1n) is 6.61. The van der Waals surface area contributed by atoms with Gasteiger partial charge in [-0.3, -0.25) is 0 Å². The Hall–Kier alpha value is -2.63. The van der Waals surface area contributed by atoms with Gasteiger partial charge in [-0.25, -0.2) is 9.97 Å². The van der Waals surface area contributed by atoms with E-state index in [1.54, 1.807) is 30.3 Å². The van der Waals surface area contributed by atoms with Crippen LogP contribution in [-0.2, 0) is 6.18 Å². The smallest absolute Gasteiger partial charge is 0.340 e. The molecule has 0 aliphatic carbocycles. The zero-order chi connectivity index (χ0) is 15.7. The number of nitrogens with one attached hydrogen (secondary N) is 1. The zero-order valence-electron chi connectivity index (χ0n) is 11.6. The number of fused-ring (bicyclic) bond motifs is 1. The van der Waals surface area contributed by atoms with Crippen molar-refractivity contribution in [2.75, 3.05) is 5.32 Å². The van der Waals surface area contributed by atoms with Gasteiger partial charge in [0.1, 0.15) is 5.82 Å². The van der Waals surface area contributed by atoms with Crippen LogP contribution in [0.2, 0.25) is 0 Å². The van der Waals surface area contributed by atoms with Crippen molar-refractivity contribution in [1.29, 1.82) is 0 Å². The molecule has 112 valence electrons. The normalized spacial score (nSPS) is 11.6. The van der Waals surface area contributed by atoms with E-state index >= 15 is 0 Å². The lowest BCUT2D eigenvalue weighted by molar-refractivity contribution is -0.144. The van der Waals surface area contributed by atoms with E-state index in [2.05, 4.69) is 15.3 Å². The van der Waals surface area contributed by atoms with Gasteiger partial charge in [0, 0.05) is 11.1 Å². The molecule has 0 fully saturated rings. The number of para-hydroxylation sites is 1. The van der Waals surface area contributed by atoms with E-state index in [0.29, 0.717) is 11.1 Å². The summed E-state index contributed by atoms with van der Waals surface area (Å²) in [6, 6.07) is 13.9. The molecule has 1 aromatic heterocycles. The Morgan fingerprint density at radius 1 is 0.909 bits per heavy atom. The van der Waals surface area contributed by atoms with Crippen LogP contribution in [-0.4, -0.2) is 9.97 Å². The van der Waals surface area contributed by atoms with Crippen LogP contribution >= 0.6 is 0 Å². The highest BCUT2D eigenvalue weighted by Gasteiger charge is 2.35. The third-order valence-electron chi connectivity index (χ3n) is 3.17. The molecule has 0 amide bonds. The number of halogens is 3. The van der Waals surface area contributed by atoms with E-state index in [-0.39, 0.29) is 11.3 Å². The van der Waals surface area contributed by atoms with Crippen molar-refractivity contribution < 1.29 is 13.2 Å². The Morgan fingerprint density at radius 3 is 2.27 bits per heavy atom. The van der Waals surface area contributed by atoms with Crippen molar-refractivity contribution in [3.63, 3.8) is 0 Å². The minimum atomic E-state index is -4.59. The minimum Gasteiger partial charge on any atom is -0.340 e. The molecule has 0 radical (unpaired) electrons.